The fraction of sp³-hybridized carbons (Fsp3) is 0.731. The molecule has 2 rings (SSSR count). The van der Waals surface area contributed by atoms with Crippen LogP contribution in [0.2, 0.25) is 0 Å². The first kappa shape index (κ1) is 32.8. The van der Waals surface area contributed by atoms with Crippen LogP contribution < -0.4 is 16.0 Å². The number of amides is 3. The van der Waals surface area contributed by atoms with Gasteiger partial charge in [0.2, 0.25) is 11.9 Å². The summed E-state index contributed by atoms with van der Waals surface area (Å²) in [5, 5.41) is 8.40. The van der Waals surface area contributed by atoms with E-state index < -0.39 is 47.4 Å². The van der Waals surface area contributed by atoms with Crippen molar-refractivity contribution in [1.29, 1.82) is 0 Å². The minimum Gasteiger partial charge on any atom is -0.464 e. The van der Waals surface area contributed by atoms with Gasteiger partial charge in [0.05, 0.1) is 6.61 Å². The number of carbonyl (C=O) groups excluding carboxylic acids is 4. The summed E-state index contributed by atoms with van der Waals surface area (Å²) in [6.45, 7) is 13.5. The Kier molecular flexibility index (Phi) is 12.0. The number of hydrogen-bond donors (Lipinski definition) is 3. The van der Waals surface area contributed by atoms with Crippen molar-refractivity contribution in [2.24, 2.45) is 10.9 Å². The smallest absolute Gasteiger partial charge is 0.437 e. The molecule has 3 amide bonds. The fourth-order valence-corrected chi connectivity index (χ4v) is 6.78. The number of guanidine groups is 1. The Morgan fingerprint density at radius 1 is 1.00 bits per heavy atom. The molecule has 3 N–H and O–H groups in total. The average molecular weight is 587 g/mol. The van der Waals surface area contributed by atoms with Crippen molar-refractivity contribution in [2.75, 3.05) is 18.1 Å². The minimum atomic E-state index is -0.944. The summed E-state index contributed by atoms with van der Waals surface area (Å²) in [6.07, 6.45) is 0.423. The van der Waals surface area contributed by atoms with Gasteiger partial charge in [0, 0.05) is 23.1 Å². The van der Waals surface area contributed by atoms with E-state index in [0.29, 0.717) is 12.8 Å². The molecule has 2 aliphatic rings. The standard InChI is InChI=1S/C26H42N4O7S2/c1-9-35-20(32)19(27-15(2)31)17-13-16(21-38-11-10-12-39-21)14-18(17)28-22(29-23(33)36-25(3,4)5)30-24(34)37-26(6,7)8/h17-19H,9-14H2,1-8H3,(H,27,31)(H2,28,29,30,33,34)/t17-,18-,19?/m1/s1. The van der Waals surface area contributed by atoms with Crippen LogP contribution in [0.1, 0.15) is 74.7 Å². The molecular formula is C26H42N4O7S2. The van der Waals surface area contributed by atoms with Crippen molar-refractivity contribution in [2.45, 2.75) is 97.9 Å². The second-order valence-electron chi connectivity index (χ2n) is 11.3. The summed E-state index contributed by atoms with van der Waals surface area (Å²) in [4.78, 5) is 54.2. The van der Waals surface area contributed by atoms with E-state index in [1.807, 2.05) is 0 Å². The number of aliphatic imine (C=N–C) groups is 1. The highest BCUT2D eigenvalue weighted by molar-refractivity contribution is 8.22. The van der Waals surface area contributed by atoms with E-state index in [4.69, 9.17) is 14.2 Å². The maximum atomic E-state index is 13.0. The number of nitrogens with one attached hydrogen (secondary N) is 3. The van der Waals surface area contributed by atoms with Crippen LogP contribution in [0, 0.1) is 5.92 Å². The highest BCUT2D eigenvalue weighted by atomic mass is 32.2. The molecule has 2 fully saturated rings. The van der Waals surface area contributed by atoms with Gasteiger partial charge >= 0.3 is 18.2 Å². The first-order valence-corrected chi connectivity index (χ1v) is 15.0. The summed E-state index contributed by atoms with van der Waals surface area (Å²) in [6, 6.07) is -1.42. The molecular weight excluding hydrogens is 544 g/mol. The normalized spacial score (nSPS) is 21.1. The number of nitrogens with zero attached hydrogens (tertiary/aromatic N) is 1. The molecule has 220 valence electrons. The molecule has 13 heteroatoms. The Morgan fingerprint density at radius 3 is 2.15 bits per heavy atom. The van der Waals surface area contributed by atoms with Crippen LogP contribution >= 0.6 is 23.5 Å². The van der Waals surface area contributed by atoms with E-state index in [1.54, 1.807) is 72.0 Å². The Morgan fingerprint density at radius 2 is 1.62 bits per heavy atom. The average Bonchev–Trinajstić information content (AvgIpc) is 3.18. The van der Waals surface area contributed by atoms with Crippen LogP contribution in [0.3, 0.4) is 0 Å². The molecule has 0 radical (unpaired) electrons. The second-order valence-corrected chi connectivity index (χ2v) is 13.7. The summed E-state index contributed by atoms with van der Waals surface area (Å²) in [5.74, 6) is 0.478. The molecule has 0 aromatic heterocycles. The van der Waals surface area contributed by atoms with Crippen LogP contribution in [0.25, 0.3) is 0 Å². The van der Waals surface area contributed by atoms with Crippen LogP contribution in [-0.4, -0.2) is 71.4 Å². The Hall–Kier alpha value is -2.41. The van der Waals surface area contributed by atoms with E-state index in [2.05, 4.69) is 20.9 Å². The lowest BCUT2D eigenvalue weighted by atomic mass is 9.94. The summed E-state index contributed by atoms with van der Waals surface area (Å²) in [7, 11) is 0. The molecule has 39 heavy (non-hydrogen) atoms. The third kappa shape index (κ3) is 11.7. The lowest BCUT2D eigenvalue weighted by molar-refractivity contribution is -0.149. The number of thioether (sulfide) groups is 2. The monoisotopic (exact) mass is 586 g/mol. The van der Waals surface area contributed by atoms with Crippen LogP contribution in [-0.2, 0) is 23.8 Å². The molecule has 1 aliphatic carbocycles. The molecule has 1 unspecified atom stereocenters. The van der Waals surface area contributed by atoms with Gasteiger partial charge in [-0.1, -0.05) is 0 Å². The number of rotatable bonds is 5. The summed E-state index contributed by atoms with van der Waals surface area (Å²) in [5.41, 5.74) is -0.452. The zero-order valence-electron chi connectivity index (χ0n) is 24.1. The summed E-state index contributed by atoms with van der Waals surface area (Å²) >= 11 is 3.56. The third-order valence-corrected chi connectivity index (χ3v) is 8.17. The molecule has 1 saturated heterocycles. The van der Waals surface area contributed by atoms with E-state index in [0.717, 1.165) is 23.5 Å². The molecule has 3 atom stereocenters. The van der Waals surface area contributed by atoms with Crippen LogP contribution in [0.15, 0.2) is 14.8 Å². The van der Waals surface area contributed by atoms with Gasteiger partial charge in [-0.15, -0.1) is 28.5 Å². The number of ether oxygens (including phenoxy) is 3. The first-order valence-electron chi connectivity index (χ1n) is 13.1. The van der Waals surface area contributed by atoms with Crippen molar-refractivity contribution in [3.63, 3.8) is 0 Å². The van der Waals surface area contributed by atoms with Crippen LogP contribution in [0.5, 0.6) is 0 Å². The molecule has 0 aromatic carbocycles. The molecule has 1 heterocycles. The van der Waals surface area contributed by atoms with E-state index >= 15 is 0 Å². The fourth-order valence-electron chi connectivity index (χ4n) is 4.08. The summed E-state index contributed by atoms with van der Waals surface area (Å²) < 4.78 is 17.2. The molecule has 1 saturated carbocycles. The third-order valence-electron chi connectivity index (χ3n) is 5.37. The van der Waals surface area contributed by atoms with Crippen molar-refractivity contribution < 1.29 is 33.4 Å². The predicted octanol–water partition coefficient (Wildman–Crippen LogP) is 4.32. The van der Waals surface area contributed by atoms with Crippen LogP contribution in [0.4, 0.5) is 9.59 Å². The van der Waals surface area contributed by atoms with E-state index in [-0.39, 0.29) is 18.5 Å². The lowest BCUT2D eigenvalue weighted by Gasteiger charge is -2.29. The van der Waals surface area contributed by atoms with E-state index in [9.17, 15) is 19.2 Å². The zero-order valence-corrected chi connectivity index (χ0v) is 25.7. The first-order chi connectivity index (χ1) is 18.1. The maximum absolute atomic E-state index is 13.0. The molecule has 1 aliphatic heterocycles. The molecule has 0 bridgehead atoms. The number of esters is 1. The van der Waals surface area contributed by atoms with Gasteiger partial charge in [-0.3, -0.25) is 10.1 Å². The van der Waals surface area contributed by atoms with Crippen molar-refractivity contribution in [3.8, 4) is 0 Å². The number of carbonyl (C=O) groups is 4. The Balaban J connectivity index is 2.45. The quantitative estimate of drug-likeness (QED) is 0.184. The number of alkyl carbamates (subject to hydrolysis) is 1. The minimum absolute atomic E-state index is 0.158. The number of hydrogen-bond acceptors (Lipinski definition) is 9. The highest BCUT2D eigenvalue weighted by Crippen LogP contribution is 2.45. The Labute approximate surface area is 239 Å². The molecule has 0 aromatic rings. The van der Waals surface area contributed by atoms with Crippen molar-refractivity contribution >= 4 is 53.5 Å². The topological polar surface area (TPSA) is 144 Å². The van der Waals surface area contributed by atoms with E-state index in [1.165, 1.54) is 11.2 Å². The van der Waals surface area contributed by atoms with Gasteiger partial charge in [0.1, 0.15) is 17.2 Å². The van der Waals surface area contributed by atoms with Gasteiger partial charge < -0.3 is 24.8 Å². The van der Waals surface area contributed by atoms with Gasteiger partial charge in [0.25, 0.3) is 0 Å². The lowest BCUT2D eigenvalue weighted by Crippen LogP contribution is -2.54. The zero-order chi connectivity index (χ0) is 29.4. The Bertz CT molecular complexity index is 978. The van der Waals surface area contributed by atoms with Gasteiger partial charge in [-0.05, 0) is 84.8 Å². The largest absolute Gasteiger partial charge is 0.464 e. The second kappa shape index (κ2) is 14.3. The van der Waals surface area contributed by atoms with Crippen molar-refractivity contribution in [3.05, 3.63) is 9.81 Å². The van der Waals surface area contributed by atoms with Gasteiger partial charge in [-0.25, -0.2) is 14.4 Å². The van der Waals surface area contributed by atoms with Gasteiger partial charge in [0.15, 0.2) is 0 Å². The molecule has 11 nitrogen and oxygen atoms in total. The van der Waals surface area contributed by atoms with Gasteiger partial charge in [-0.2, -0.15) is 0 Å². The predicted molar refractivity (Wildman–Crippen MR) is 153 cm³/mol. The molecule has 0 spiro atoms. The van der Waals surface area contributed by atoms with Crippen molar-refractivity contribution in [1.82, 2.24) is 16.0 Å². The SMILES string of the molecule is CCOC(=O)C(NC(C)=O)[C@@H]1CC(=C2SCCCS2)C[C@H]1N/C(=N/C(=O)OC(C)(C)C)NC(=O)OC(C)(C)C. The highest BCUT2D eigenvalue weighted by Gasteiger charge is 2.43. The maximum Gasteiger partial charge on any atom is 0.437 e.